The van der Waals surface area contributed by atoms with Gasteiger partial charge in [0.05, 0.1) is 11.5 Å². The van der Waals surface area contributed by atoms with Crippen molar-refractivity contribution in [2.75, 3.05) is 13.1 Å². The van der Waals surface area contributed by atoms with E-state index in [1.54, 1.807) is 0 Å². The summed E-state index contributed by atoms with van der Waals surface area (Å²) < 4.78 is 0. The zero-order valence-electron chi connectivity index (χ0n) is 11.5. The van der Waals surface area contributed by atoms with E-state index in [0.717, 1.165) is 12.8 Å². The van der Waals surface area contributed by atoms with E-state index in [-0.39, 0.29) is 17.7 Å². The minimum Gasteiger partial charge on any atom is -0.481 e. The molecule has 2 N–H and O–H groups in total. The maximum absolute atomic E-state index is 12.4. The van der Waals surface area contributed by atoms with Gasteiger partial charge in [-0.2, -0.15) is 0 Å². The van der Waals surface area contributed by atoms with Crippen molar-refractivity contribution in [3.8, 4) is 0 Å². The normalized spacial score (nSPS) is 36.0. The number of amides is 1. The molecule has 19 heavy (non-hydrogen) atoms. The Balaban J connectivity index is 1.92. The largest absolute Gasteiger partial charge is 0.481 e. The van der Waals surface area contributed by atoms with Crippen molar-refractivity contribution < 1.29 is 19.8 Å². The predicted molar refractivity (Wildman–Crippen MR) is 69.5 cm³/mol. The molecule has 0 radical (unpaired) electrons. The van der Waals surface area contributed by atoms with Crippen LogP contribution in [-0.4, -0.2) is 45.7 Å². The standard InChI is InChI=1S/C14H23NO4/c1-14(19)5-2-7-15(8-6-14)12(16)10-3-4-11(9-10)13(17)18/h10-11,19H,2-9H2,1H3,(H,17,18). The van der Waals surface area contributed by atoms with Crippen LogP contribution in [0.3, 0.4) is 0 Å². The Kier molecular flexibility index (Phi) is 4.13. The van der Waals surface area contributed by atoms with Gasteiger partial charge in [-0.05, 0) is 45.4 Å². The molecule has 2 rings (SSSR count). The third-order valence-electron chi connectivity index (χ3n) is 4.51. The van der Waals surface area contributed by atoms with E-state index >= 15 is 0 Å². The first-order chi connectivity index (χ1) is 8.89. The summed E-state index contributed by atoms with van der Waals surface area (Å²) in [6.45, 7) is 3.08. The van der Waals surface area contributed by atoms with Gasteiger partial charge in [-0.15, -0.1) is 0 Å². The third kappa shape index (κ3) is 3.47. The Bertz CT molecular complexity index is 366. The molecule has 108 valence electrons. The minimum absolute atomic E-state index is 0.0847. The lowest BCUT2D eigenvalue weighted by molar-refractivity contribution is -0.141. The second-order valence-corrected chi connectivity index (χ2v) is 6.22. The van der Waals surface area contributed by atoms with Crippen LogP contribution in [0.5, 0.6) is 0 Å². The summed E-state index contributed by atoms with van der Waals surface area (Å²) in [5.41, 5.74) is -0.672. The number of aliphatic carboxylic acids is 1. The number of nitrogens with zero attached hydrogens (tertiary/aromatic N) is 1. The van der Waals surface area contributed by atoms with E-state index in [2.05, 4.69) is 0 Å². The number of hydrogen-bond donors (Lipinski definition) is 2. The molecule has 0 spiro atoms. The molecule has 1 saturated heterocycles. The van der Waals surface area contributed by atoms with Crippen LogP contribution in [0.25, 0.3) is 0 Å². The van der Waals surface area contributed by atoms with Crippen LogP contribution < -0.4 is 0 Å². The van der Waals surface area contributed by atoms with Gasteiger partial charge in [0.1, 0.15) is 0 Å². The van der Waals surface area contributed by atoms with Crippen molar-refractivity contribution in [2.24, 2.45) is 11.8 Å². The fourth-order valence-corrected chi connectivity index (χ4v) is 3.17. The first-order valence-electron chi connectivity index (χ1n) is 7.13. The van der Waals surface area contributed by atoms with Gasteiger partial charge < -0.3 is 15.1 Å². The fourth-order valence-electron chi connectivity index (χ4n) is 3.17. The van der Waals surface area contributed by atoms with Gasteiger partial charge in [0.25, 0.3) is 0 Å². The van der Waals surface area contributed by atoms with Crippen molar-refractivity contribution in [2.45, 2.75) is 51.0 Å². The molecule has 0 bridgehead atoms. The molecule has 5 heteroatoms. The Hall–Kier alpha value is -1.10. The number of likely N-dealkylation sites (tertiary alicyclic amines) is 1. The van der Waals surface area contributed by atoms with E-state index in [1.807, 2.05) is 11.8 Å². The number of carbonyl (C=O) groups is 2. The lowest BCUT2D eigenvalue weighted by atomic mass is 9.98. The molecule has 2 aliphatic rings. The quantitative estimate of drug-likeness (QED) is 0.791. The molecule has 1 saturated carbocycles. The van der Waals surface area contributed by atoms with Gasteiger partial charge >= 0.3 is 5.97 Å². The highest BCUT2D eigenvalue weighted by atomic mass is 16.4. The lowest BCUT2D eigenvalue weighted by Crippen LogP contribution is -2.37. The van der Waals surface area contributed by atoms with Gasteiger partial charge in [-0.3, -0.25) is 9.59 Å². The predicted octanol–water partition coefficient (Wildman–Crippen LogP) is 1.25. The average molecular weight is 269 g/mol. The highest BCUT2D eigenvalue weighted by Crippen LogP contribution is 2.33. The summed E-state index contributed by atoms with van der Waals surface area (Å²) in [6.07, 6.45) is 3.90. The molecule has 2 fully saturated rings. The number of carbonyl (C=O) groups excluding carboxylic acids is 1. The molecule has 5 nitrogen and oxygen atoms in total. The van der Waals surface area contributed by atoms with E-state index < -0.39 is 11.6 Å². The zero-order chi connectivity index (χ0) is 14.0. The molecular formula is C14H23NO4. The summed E-state index contributed by atoms with van der Waals surface area (Å²) in [5, 5.41) is 19.0. The monoisotopic (exact) mass is 269 g/mol. The Labute approximate surface area is 113 Å². The number of carboxylic acid groups (broad SMARTS) is 1. The van der Waals surface area contributed by atoms with Crippen LogP contribution in [0.1, 0.15) is 45.4 Å². The number of carboxylic acids is 1. The summed E-state index contributed by atoms with van der Waals surface area (Å²) in [5.74, 6) is -1.19. The smallest absolute Gasteiger partial charge is 0.306 e. The highest BCUT2D eigenvalue weighted by Gasteiger charge is 2.37. The minimum atomic E-state index is -0.783. The Morgan fingerprint density at radius 3 is 2.47 bits per heavy atom. The van der Waals surface area contributed by atoms with Crippen LogP contribution in [0, 0.1) is 11.8 Å². The molecule has 1 heterocycles. The Morgan fingerprint density at radius 1 is 1.16 bits per heavy atom. The van der Waals surface area contributed by atoms with Crippen LogP contribution in [0.4, 0.5) is 0 Å². The molecule has 3 unspecified atom stereocenters. The van der Waals surface area contributed by atoms with Crippen molar-refractivity contribution in [3.05, 3.63) is 0 Å². The van der Waals surface area contributed by atoms with Gasteiger partial charge in [-0.1, -0.05) is 0 Å². The van der Waals surface area contributed by atoms with Crippen molar-refractivity contribution in [3.63, 3.8) is 0 Å². The SMILES string of the molecule is CC1(O)CCCN(C(=O)C2CCC(C(=O)O)C2)CC1. The third-order valence-corrected chi connectivity index (χ3v) is 4.51. The number of rotatable bonds is 2. The fraction of sp³-hybridized carbons (Fsp3) is 0.857. The molecule has 0 aromatic carbocycles. The van der Waals surface area contributed by atoms with Crippen LogP contribution in [0.2, 0.25) is 0 Å². The van der Waals surface area contributed by atoms with Crippen molar-refractivity contribution in [1.29, 1.82) is 0 Å². The molecule has 1 aliphatic heterocycles. The number of aliphatic hydroxyl groups is 1. The maximum Gasteiger partial charge on any atom is 0.306 e. The summed E-state index contributed by atoms with van der Waals surface area (Å²) in [6, 6.07) is 0. The summed E-state index contributed by atoms with van der Waals surface area (Å²) in [4.78, 5) is 25.1. The molecule has 3 atom stereocenters. The highest BCUT2D eigenvalue weighted by molar-refractivity contribution is 5.81. The van der Waals surface area contributed by atoms with E-state index in [4.69, 9.17) is 5.11 Å². The van der Waals surface area contributed by atoms with Crippen LogP contribution >= 0.6 is 0 Å². The van der Waals surface area contributed by atoms with Gasteiger partial charge in [-0.25, -0.2) is 0 Å². The van der Waals surface area contributed by atoms with Gasteiger partial charge in [0.2, 0.25) is 5.91 Å². The molecule has 0 aromatic rings. The summed E-state index contributed by atoms with van der Waals surface area (Å²) >= 11 is 0. The first-order valence-corrected chi connectivity index (χ1v) is 7.13. The maximum atomic E-state index is 12.4. The first kappa shape index (κ1) is 14.3. The van der Waals surface area contributed by atoms with Gasteiger partial charge in [0.15, 0.2) is 0 Å². The van der Waals surface area contributed by atoms with E-state index in [0.29, 0.717) is 38.8 Å². The molecule has 1 aliphatic carbocycles. The summed E-state index contributed by atoms with van der Waals surface area (Å²) in [7, 11) is 0. The molecule has 1 amide bonds. The van der Waals surface area contributed by atoms with E-state index in [9.17, 15) is 14.7 Å². The van der Waals surface area contributed by atoms with Crippen molar-refractivity contribution in [1.82, 2.24) is 4.90 Å². The van der Waals surface area contributed by atoms with Crippen molar-refractivity contribution >= 4 is 11.9 Å². The average Bonchev–Trinajstić information content (AvgIpc) is 2.75. The molecule has 0 aromatic heterocycles. The second kappa shape index (κ2) is 5.49. The Morgan fingerprint density at radius 2 is 1.84 bits per heavy atom. The number of hydrogen-bond acceptors (Lipinski definition) is 3. The van der Waals surface area contributed by atoms with Gasteiger partial charge in [0, 0.05) is 19.0 Å². The van der Waals surface area contributed by atoms with Crippen LogP contribution in [0.15, 0.2) is 0 Å². The zero-order valence-corrected chi connectivity index (χ0v) is 11.5. The lowest BCUT2D eigenvalue weighted by Gasteiger charge is -2.25. The molecular weight excluding hydrogens is 246 g/mol. The second-order valence-electron chi connectivity index (χ2n) is 6.22. The topological polar surface area (TPSA) is 77.8 Å². The van der Waals surface area contributed by atoms with Crippen LogP contribution in [-0.2, 0) is 9.59 Å². The van der Waals surface area contributed by atoms with E-state index in [1.165, 1.54) is 0 Å².